The Morgan fingerprint density at radius 2 is 1.96 bits per heavy atom. The molecule has 0 bridgehead atoms. The highest BCUT2D eigenvalue weighted by molar-refractivity contribution is 6.14. The quantitative estimate of drug-likeness (QED) is 0.555. The van der Waals surface area contributed by atoms with Crippen LogP contribution in [0.4, 0.5) is 4.79 Å². The monoisotopic (exact) mass is 374 g/mol. The number of aromatic nitrogens is 2. The Morgan fingerprint density at radius 3 is 2.75 bits per heavy atom. The molecule has 3 heterocycles. The lowest BCUT2D eigenvalue weighted by Gasteiger charge is -2.11. The highest BCUT2D eigenvalue weighted by atomic mass is 16.2. The van der Waals surface area contributed by atoms with Crippen molar-refractivity contribution in [3.8, 4) is 5.69 Å². The molecule has 3 amide bonds. The number of pyridine rings is 1. The van der Waals surface area contributed by atoms with Gasteiger partial charge in [-0.15, -0.1) is 0 Å². The Hall–Kier alpha value is -3.41. The van der Waals surface area contributed by atoms with Gasteiger partial charge in [-0.1, -0.05) is 13.0 Å². The van der Waals surface area contributed by atoms with E-state index in [9.17, 15) is 9.59 Å². The molecule has 0 aliphatic carbocycles. The summed E-state index contributed by atoms with van der Waals surface area (Å²) in [4.78, 5) is 30.1. The number of carbonyl (C=O) groups excluding carboxylic acids is 2. The number of hydrogen-bond acceptors (Lipinski definition) is 3. The molecular formula is C22H22N4O2. The van der Waals surface area contributed by atoms with Gasteiger partial charge in [-0.25, -0.2) is 4.79 Å². The van der Waals surface area contributed by atoms with Gasteiger partial charge in [0.15, 0.2) is 0 Å². The number of nitrogens with zero attached hydrogens (tertiary/aromatic N) is 3. The zero-order chi connectivity index (χ0) is 19.8. The molecule has 0 saturated carbocycles. The van der Waals surface area contributed by atoms with E-state index < -0.39 is 0 Å². The second kappa shape index (κ2) is 6.96. The number of fused-ring (bicyclic) bond motifs is 1. The minimum atomic E-state index is -0.353. The second-order valence-electron chi connectivity index (χ2n) is 6.99. The molecule has 6 heteroatoms. The van der Waals surface area contributed by atoms with Crippen LogP contribution in [0.3, 0.4) is 0 Å². The van der Waals surface area contributed by atoms with Crippen LogP contribution in [0, 0.1) is 13.8 Å². The van der Waals surface area contributed by atoms with Crippen LogP contribution in [-0.4, -0.2) is 32.9 Å². The van der Waals surface area contributed by atoms with E-state index >= 15 is 0 Å². The predicted octanol–water partition coefficient (Wildman–Crippen LogP) is 3.95. The van der Waals surface area contributed by atoms with Crippen molar-refractivity contribution >= 4 is 28.9 Å². The van der Waals surface area contributed by atoms with Crippen LogP contribution in [0.1, 0.15) is 30.3 Å². The summed E-state index contributed by atoms with van der Waals surface area (Å²) in [5, 5.41) is 3.76. The van der Waals surface area contributed by atoms with Gasteiger partial charge in [-0.05, 0) is 62.2 Å². The van der Waals surface area contributed by atoms with Crippen molar-refractivity contribution in [1.29, 1.82) is 0 Å². The van der Waals surface area contributed by atoms with Crippen LogP contribution >= 0.6 is 0 Å². The lowest BCUT2D eigenvalue weighted by molar-refractivity contribution is -0.122. The normalized spacial score (nSPS) is 15.7. The first-order chi connectivity index (χ1) is 13.5. The fraction of sp³-hybridized carbons (Fsp3) is 0.227. The van der Waals surface area contributed by atoms with Gasteiger partial charge in [0.25, 0.3) is 5.91 Å². The summed E-state index contributed by atoms with van der Waals surface area (Å²) in [5.74, 6) is -0.270. The van der Waals surface area contributed by atoms with Crippen LogP contribution in [0.2, 0.25) is 0 Å². The summed E-state index contributed by atoms with van der Waals surface area (Å²) >= 11 is 0. The number of hydrogen-bond donors (Lipinski definition) is 1. The molecule has 1 saturated heterocycles. The van der Waals surface area contributed by atoms with E-state index in [4.69, 9.17) is 0 Å². The molecule has 0 unspecified atom stereocenters. The summed E-state index contributed by atoms with van der Waals surface area (Å²) in [5.41, 5.74) is 5.27. The summed E-state index contributed by atoms with van der Waals surface area (Å²) in [6.45, 7) is 6.40. The summed E-state index contributed by atoms with van der Waals surface area (Å²) in [6.07, 6.45) is 4.28. The predicted molar refractivity (Wildman–Crippen MR) is 109 cm³/mol. The van der Waals surface area contributed by atoms with Crippen LogP contribution < -0.4 is 5.32 Å². The van der Waals surface area contributed by atoms with Crippen molar-refractivity contribution < 1.29 is 9.59 Å². The molecular weight excluding hydrogens is 352 g/mol. The molecule has 28 heavy (non-hydrogen) atoms. The van der Waals surface area contributed by atoms with Gasteiger partial charge in [0.2, 0.25) is 0 Å². The van der Waals surface area contributed by atoms with Gasteiger partial charge in [-0.3, -0.25) is 14.7 Å². The van der Waals surface area contributed by atoms with E-state index in [1.165, 1.54) is 4.90 Å². The number of imide groups is 1. The van der Waals surface area contributed by atoms with E-state index in [-0.39, 0.29) is 11.9 Å². The smallest absolute Gasteiger partial charge is 0.318 e. The lowest BCUT2D eigenvalue weighted by atomic mass is 10.2. The van der Waals surface area contributed by atoms with Crippen molar-refractivity contribution in [2.45, 2.75) is 27.2 Å². The Kier molecular flexibility index (Phi) is 4.47. The Bertz CT molecular complexity index is 1130. The van der Waals surface area contributed by atoms with Crippen LogP contribution in [-0.2, 0) is 4.79 Å². The molecule has 1 fully saturated rings. The van der Waals surface area contributed by atoms with E-state index in [1.807, 2.05) is 51.1 Å². The Labute approximate surface area is 163 Å². The van der Waals surface area contributed by atoms with Gasteiger partial charge in [0.1, 0.15) is 5.70 Å². The number of benzene rings is 1. The topological polar surface area (TPSA) is 67.2 Å². The SMILES string of the molecule is CCCN1C(=O)N/C(=C/c2cc(C)n(-c3ccc4ncccc4c3)c2C)C1=O. The maximum Gasteiger partial charge on any atom is 0.329 e. The molecule has 1 aromatic carbocycles. The first kappa shape index (κ1) is 18.0. The minimum absolute atomic E-state index is 0.270. The average molecular weight is 374 g/mol. The zero-order valence-electron chi connectivity index (χ0n) is 16.2. The average Bonchev–Trinajstić information content (AvgIpc) is 3.11. The number of urea groups is 1. The molecule has 6 nitrogen and oxygen atoms in total. The first-order valence-corrected chi connectivity index (χ1v) is 9.38. The largest absolute Gasteiger partial charge is 0.329 e. The second-order valence-corrected chi connectivity index (χ2v) is 6.99. The van der Waals surface area contributed by atoms with Gasteiger partial charge >= 0.3 is 6.03 Å². The van der Waals surface area contributed by atoms with Crippen molar-refractivity contribution in [3.63, 3.8) is 0 Å². The molecule has 1 N–H and O–H groups in total. The number of nitrogens with one attached hydrogen (secondary N) is 1. The van der Waals surface area contributed by atoms with Crippen LogP contribution in [0.15, 0.2) is 48.3 Å². The third kappa shape index (κ3) is 2.97. The first-order valence-electron chi connectivity index (χ1n) is 9.38. The Balaban J connectivity index is 1.73. The molecule has 142 valence electrons. The number of carbonyl (C=O) groups is 2. The Morgan fingerprint density at radius 1 is 1.14 bits per heavy atom. The maximum absolute atomic E-state index is 12.5. The molecule has 1 aliphatic rings. The highest BCUT2D eigenvalue weighted by Crippen LogP contribution is 2.25. The van der Waals surface area contributed by atoms with Crippen LogP contribution in [0.5, 0.6) is 0 Å². The van der Waals surface area contributed by atoms with Crippen molar-refractivity contribution in [2.24, 2.45) is 0 Å². The summed E-state index contributed by atoms with van der Waals surface area (Å²) in [7, 11) is 0. The molecule has 2 aromatic heterocycles. The maximum atomic E-state index is 12.5. The fourth-order valence-electron chi connectivity index (χ4n) is 3.69. The molecule has 0 atom stereocenters. The standard InChI is InChI=1S/C22H22N4O2/c1-4-10-25-21(27)20(24-22(25)28)13-17-11-14(2)26(15(17)3)18-7-8-19-16(12-18)6-5-9-23-19/h5-9,11-13H,4,10H2,1-3H3,(H,24,28)/b20-13+. The lowest BCUT2D eigenvalue weighted by Crippen LogP contribution is -2.31. The van der Waals surface area contributed by atoms with Crippen molar-refractivity contribution in [2.75, 3.05) is 6.54 Å². The number of rotatable bonds is 4. The van der Waals surface area contributed by atoms with Gasteiger partial charge in [-0.2, -0.15) is 0 Å². The van der Waals surface area contributed by atoms with E-state index in [2.05, 4.69) is 20.9 Å². The third-order valence-electron chi connectivity index (χ3n) is 5.02. The van der Waals surface area contributed by atoms with E-state index in [0.717, 1.165) is 40.0 Å². The molecule has 0 spiro atoms. The number of aryl methyl sites for hydroxylation is 1. The zero-order valence-corrected chi connectivity index (χ0v) is 16.2. The molecule has 3 aromatic rings. The van der Waals surface area contributed by atoms with Crippen LogP contribution in [0.25, 0.3) is 22.7 Å². The van der Waals surface area contributed by atoms with E-state index in [1.54, 1.807) is 12.3 Å². The molecule has 4 rings (SSSR count). The highest BCUT2D eigenvalue weighted by Gasteiger charge is 2.32. The van der Waals surface area contributed by atoms with Gasteiger partial charge in [0.05, 0.1) is 5.52 Å². The number of amides is 3. The van der Waals surface area contributed by atoms with Crippen molar-refractivity contribution in [3.05, 3.63) is 65.2 Å². The van der Waals surface area contributed by atoms with Gasteiger partial charge < -0.3 is 9.88 Å². The fourth-order valence-corrected chi connectivity index (χ4v) is 3.69. The third-order valence-corrected chi connectivity index (χ3v) is 5.02. The van der Waals surface area contributed by atoms with Crippen molar-refractivity contribution in [1.82, 2.24) is 19.8 Å². The summed E-state index contributed by atoms with van der Waals surface area (Å²) in [6, 6.07) is 11.8. The summed E-state index contributed by atoms with van der Waals surface area (Å²) < 4.78 is 2.14. The molecule has 1 aliphatic heterocycles. The van der Waals surface area contributed by atoms with E-state index in [0.29, 0.717) is 12.2 Å². The minimum Gasteiger partial charge on any atom is -0.318 e. The van der Waals surface area contributed by atoms with Gasteiger partial charge in [0, 0.05) is 35.2 Å². The molecule has 0 radical (unpaired) electrons.